The summed E-state index contributed by atoms with van der Waals surface area (Å²) in [7, 11) is 0. The Morgan fingerprint density at radius 2 is 1.52 bits per heavy atom. The molecule has 0 spiro atoms. The zero-order chi connectivity index (χ0) is 17.0. The zero-order valence-corrected chi connectivity index (χ0v) is 14.2. The Kier molecular flexibility index (Phi) is 6.02. The molecule has 1 N–H and O–H groups in total. The summed E-state index contributed by atoms with van der Waals surface area (Å²) in [4.78, 5) is 39.4. The number of carbonyl (C=O) groups excluding carboxylic acids is 2. The standard InChI is InChI=1S/C17H28N2O4/c1-12(15(20)18-9-3-4-10-18)7-8-13(2)16(21)19-11-5-6-14(19)17(22)23/h12-14H,3-11H2,1-2H3,(H,22,23)/t12-,13?,14-/m1/s1. The number of nitrogens with zero attached hydrogens (tertiary/aromatic N) is 2. The van der Waals surface area contributed by atoms with E-state index >= 15 is 0 Å². The summed E-state index contributed by atoms with van der Waals surface area (Å²) in [6, 6.07) is -0.673. The van der Waals surface area contributed by atoms with Crippen molar-refractivity contribution in [3.8, 4) is 0 Å². The topological polar surface area (TPSA) is 77.9 Å². The maximum Gasteiger partial charge on any atom is 0.326 e. The van der Waals surface area contributed by atoms with Crippen molar-refractivity contribution in [2.75, 3.05) is 19.6 Å². The molecule has 0 aromatic heterocycles. The highest BCUT2D eigenvalue weighted by Gasteiger charge is 2.36. The largest absolute Gasteiger partial charge is 0.480 e. The number of carboxylic acid groups (broad SMARTS) is 1. The maximum atomic E-state index is 12.5. The fourth-order valence-electron chi connectivity index (χ4n) is 3.57. The molecule has 2 amide bonds. The Bertz CT molecular complexity index is 460. The van der Waals surface area contributed by atoms with Crippen molar-refractivity contribution in [2.24, 2.45) is 11.8 Å². The van der Waals surface area contributed by atoms with Crippen molar-refractivity contribution in [3.05, 3.63) is 0 Å². The van der Waals surface area contributed by atoms with Crippen LogP contribution in [0, 0.1) is 11.8 Å². The van der Waals surface area contributed by atoms with E-state index in [1.807, 2.05) is 18.7 Å². The second-order valence-electron chi connectivity index (χ2n) is 6.94. The van der Waals surface area contributed by atoms with Crippen molar-refractivity contribution in [2.45, 2.75) is 58.4 Å². The van der Waals surface area contributed by atoms with Gasteiger partial charge in [0.25, 0.3) is 0 Å². The van der Waals surface area contributed by atoms with Crippen LogP contribution in [0.1, 0.15) is 52.4 Å². The number of amides is 2. The van der Waals surface area contributed by atoms with Crippen molar-refractivity contribution in [1.82, 2.24) is 9.80 Å². The van der Waals surface area contributed by atoms with E-state index in [0.29, 0.717) is 25.8 Å². The molecule has 2 rings (SSSR count). The molecular weight excluding hydrogens is 296 g/mol. The first kappa shape index (κ1) is 17.8. The minimum atomic E-state index is -0.916. The van der Waals surface area contributed by atoms with Crippen LogP contribution in [0.2, 0.25) is 0 Å². The third kappa shape index (κ3) is 4.24. The smallest absolute Gasteiger partial charge is 0.326 e. The fourth-order valence-corrected chi connectivity index (χ4v) is 3.57. The van der Waals surface area contributed by atoms with Gasteiger partial charge in [-0.1, -0.05) is 13.8 Å². The molecule has 2 fully saturated rings. The van der Waals surface area contributed by atoms with Crippen molar-refractivity contribution < 1.29 is 19.5 Å². The van der Waals surface area contributed by atoms with Gasteiger partial charge in [0.05, 0.1) is 0 Å². The quantitative estimate of drug-likeness (QED) is 0.807. The van der Waals surface area contributed by atoms with Gasteiger partial charge in [-0.15, -0.1) is 0 Å². The molecule has 0 aromatic carbocycles. The molecule has 0 saturated carbocycles. The molecule has 130 valence electrons. The van der Waals surface area contributed by atoms with Crippen LogP contribution < -0.4 is 0 Å². The van der Waals surface area contributed by atoms with E-state index in [9.17, 15) is 19.5 Å². The Labute approximate surface area is 137 Å². The Morgan fingerprint density at radius 3 is 2.09 bits per heavy atom. The predicted molar refractivity (Wildman–Crippen MR) is 85.7 cm³/mol. The van der Waals surface area contributed by atoms with Crippen LogP contribution in [0.4, 0.5) is 0 Å². The van der Waals surface area contributed by atoms with E-state index in [1.54, 1.807) is 0 Å². The molecule has 0 aliphatic carbocycles. The highest BCUT2D eigenvalue weighted by Crippen LogP contribution is 2.23. The van der Waals surface area contributed by atoms with E-state index in [4.69, 9.17) is 0 Å². The number of aliphatic carboxylic acids is 1. The van der Waals surface area contributed by atoms with E-state index < -0.39 is 12.0 Å². The normalized spacial score (nSPS) is 23.8. The first-order valence-corrected chi connectivity index (χ1v) is 8.74. The lowest BCUT2D eigenvalue weighted by molar-refractivity contribution is -0.149. The summed E-state index contributed by atoms with van der Waals surface area (Å²) in [5.74, 6) is -1.12. The highest BCUT2D eigenvalue weighted by molar-refractivity contribution is 5.85. The highest BCUT2D eigenvalue weighted by atomic mass is 16.4. The molecule has 2 heterocycles. The number of hydrogen-bond acceptors (Lipinski definition) is 3. The van der Waals surface area contributed by atoms with Gasteiger partial charge in [0.15, 0.2) is 0 Å². The average Bonchev–Trinajstić information content (AvgIpc) is 3.21. The van der Waals surface area contributed by atoms with Gasteiger partial charge in [0, 0.05) is 31.5 Å². The molecule has 0 aromatic rings. The monoisotopic (exact) mass is 324 g/mol. The van der Waals surface area contributed by atoms with Crippen molar-refractivity contribution in [3.63, 3.8) is 0 Å². The molecule has 2 aliphatic heterocycles. The molecule has 23 heavy (non-hydrogen) atoms. The van der Waals surface area contributed by atoms with Crippen molar-refractivity contribution in [1.29, 1.82) is 0 Å². The molecule has 3 atom stereocenters. The summed E-state index contributed by atoms with van der Waals surface area (Å²) in [6.07, 6.45) is 4.75. The fraction of sp³-hybridized carbons (Fsp3) is 0.824. The van der Waals surface area contributed by atoms with E-state index in [2.05, 4.69) is 0 Å². The number of hydrogen-bond donors (Lipinski definition) is 1. The van der Waals surface area contributed by atoms with Gasteiger partial charge < -0.3 is 14.9 Å². The number of likely N-dealkylation sites (tertiary alicyclic amines) is 2. The van der Waals surface area contributed by atoms with E-state index in [0.717, 1.165) is 32.4 Å². The first-order valence-electron chi connectivity index (χ1n) is 8.74. The molecule has 0 bridgehead atoms. The van der Waals surface area contributed by atoms with E-state index in [1.165, 1.54) is 4.90 Å². The first-order chi connectivity index (χ1) is 10.9. The molecule has 2 aliphatic rings. The molecular formula is C17H28N2O4. The lowest BCUT2D eigenvalue weighted by Crippen LogP contribution is -2.43. The second-order valence-corrected chi connectivity index (χ2v) is 6.94. The Morgan fingerprint density at radius 1 is 0.957 bits per heavy atom. The minimum Gasteiger partial charge on any atom is -0.480 e. The molecule has 1 unspecified atom stereocenters. The van der Waals surface area contributed by atoms with Crippen LogP contribution in [-0.4, -0.2) is 58.4 Å². The third-order valence-electron chi connectivity index (χ3n) is 5.11. The Hall–Kier alpha value is -1.59. The van der Waals surface area contributed by atoms with Crippen molar-refractivity contribution >= 4 is 17.8 Å². The van der Waals surface area contributed by atoms with Crippen LogP contribution in [-0.2, 0) is 14.4 Å². The van der Waals surface area contributed by atoms with Crippen LogP contribution in [0.3, 0.4) is 0 Å². The van der Waals surface area contributed by atoms with Gasteiger partial charge in [-0.2, -0.15) is 0 Å². The third-order valence-corrected chi connectivity index (χ3v) is 5.11. The van der Waals surface area contributed by atoms with Gasteiger partial charge in [-0.05, 0) is 38.5 Å². The number of rotatable bonds is 6. The zero-order valence-electron chi connectivity index (χ0n) is 14.2. The van der Waals surface area contributed by atoms with Gasteiger partial charge in [0.2, 0.25) is 11.8 Å². The SMILES string of the molecule is CC(CC[C@@H](C)C(=O)N1CCCC1)C(=O)N1CCC[C@@H]1C(=O)O. The average molecular weight is 324 g/mol. The second kappa shape index (κ2) is 7.79. The number of carbonyl (C=O) groups is 3. The lowest BCUT2D eigenvalue weighted by Gasteiger charge is -2.26. The minimum absolute atomic E-state index is 0.0720. The summed E-state index contributed by atoms with van der Waals surface area (Å²) in [6.45, 7) is 6.00. The van der Waals surface area contributed by atoms with E-state index in [-0.39, 0.29) is 23.7 Å². The van der Waals surface area contributed by atoms with Crippen LogP contribution in [0.25, 0.3) is 0 Å². The maximum absolute atomic E-state index is 12.5. The van der Waals surface area contributed by atoms with Crippen LogP contribution in [0.15, 0.2) is 0 Å². The van der Waals surface area contributed by atoms with Gasteiger partial charge in [-0.3, -0.25) is 9.59 Å². The van der Waals surface area contributed by atoms with Gasteiger partial charge >= 0.3 is 5.97 Å². The lowest BCUT2D eigenvalue weighted by atomic mass is 9.96. The predicted octanol–water partition coefficient (Wildman–Crippen LogP) is 1.74. The van der Waals surface area contributed by atoms with Gasteiger partial charge in [-0.25, -0.2) is 4.79 Å². The van der Waals surface area contributed by atoms with Gasteiger partial charge in [0.1, 0.15) is 6.04 Å². The summed E-state index contributed by atoms with van der Waals surface area (Å²) in [5, 5.41) is 9.18. The number of carboxylic acids is 1. The summed E-state index contributed by atoms with van der Waals surface area (Å²) < 4.78 is 0. The molecule has 6 nitrogen and oxygen atoms in total. The summed E-state index contributed by atoms with van der Waals surface area (Å²) >= 11 is 0. The Balaban J connectivity index is 1.81. The molecule has 0 radical (unpaired) electrons. The molecule has 6 heteroatoms. The summed E-state index contributed by atoms with van der Waals surface area (Å²) in [5.41, 5.74) is 0. The van der Waals surface area contributed by atoms with Crippen LogP contribution >= 0.6 is 0 Å². The molecule has 2 saturated heterocycles. The van der Waals surface area contributed by atoms with Crippen LogP contribution in [0.5, 0.6) is 0 Å².